The molecule has 0 radical (unpaired) electrons. The molecule has 1 aliphatic heterocycles. The van der Waals surface area contributed by atoms with Gasteiger partial charge in [0.1, 0.15) is 0 Å². The van der Waals surface area contributed by atoms with Gasteiger partial charge in [0.15, 0.2) is 0 Å². The molecule has 128 valence electrons. The summed E-state index contributed by atoms with van der Waals surface area (Å²) in [6.07, 6.45) is 2.98. The maximum atomic E-state index is 12.6. The molecule has 2 N–H and O–H groups in total. The van der Waals surface area contributed by atoms with Crippen molar-refractivity contribution in [3.63, 3.8) is 0 Å². The molecule has 1 aromatic carbocycles. The summed E-state index contributed by atoms with van der Waals surface area (Å²) in [5.41, 5.74) is 1.56. The number of rotatable bonds is 7. The van der Waals surface area contributed by atoms with E-state index in [1.807, 2.05) is 29.2 Å². The first-order valence-electron chi connectivity index (χ1n) is 8.19. The molecule has 1 unspecified atom stereocenters. The highest BCUT2D eigenvalue weighted by molar-refractivity contribution is 5.79. The van der Waals surface area contributed by atoms with Crippen LogP contribution in [-0.2, 0) is 22.6 Å². The van der Waals surface area contributed by atoms with E-state index in [0.29, 0.717) is 19.6 Å². The number of likely N-dealkylation sites (tertiary alicyclic amines) is 1. The lowest BCUT2D eigenvalue weighted by atomic mass is 9.78. The van der Waals surface area contributed by atoms with Crippen LogP contribution in [0.2, 0.25) is 0 Å². The molecule has 1 saturated heterocycles. The predicted octanol–water partition coefficient (Wildman–Crippen LogP) is 1.36. The topological polar surface area (TPSA) is 70.0 Å². The van der Waals surface area contributed by atoms with Gasteiger partial charge < -0.3 is 19.8 Å². The van der Waals surface area contributed by atoms with Gasteiger partial charge in [-0.05, 0) is 30.4 Å². The molecule has 1 amide bonds. The monoisotopic (exact) mass is 321 g/mol. The summed E-state index contributed by atoms with van der Waals surface area (Å²) >= 11 is 0. The Balaban J connectivity index is 1.97. The van der Waals surface area contributed by atoms with Crippen LogP contribution in [0.4, 0.5) is 0 Å². The molecule has 5 nitrogen and oxygen atoms in total. The third-order valence-electron chi connectivity index (χ3n) is 4.75. The Bertz CT molecular complexity index is 502. The minimum atomic E-state index is -0.231. The van der Waals surface area contributed by atoms with Crippen molar-refractivity contribution in [1.82, 2.24) is 4.90 Å². The van der Waals surface area contributed by atoms with Crippen molar-refractivity contribution in [3.8, 4) is 0 Å². The summed E-state index contributed by atoms with van der Waals surface area (Å²) in [6.45, 7) is 2.05. The second-order valence-corrected chi connectivity index (χ2v) is 6.47. The number of ether oxygens (including phenoxy) is 1. The van der Waals surface area contributed by atoms with Gasteiger partial charge in [-0.2, -0.15) is 0 Å². The zero-order chi connectivity index (χ0) is 16.7. The predicted molar refractivity (Wildman–Crippen MR) is 87.9 cm³/mol. The summed E-state index contributed by atoms with van der Waals surface area (Å²) in [5.74, 6) is 0.0942. The number of aliphatic hydroxyl groups excluding tert-OH is 2. The molecule has 1 atom stereocenters. The van der Waals surface area contributed by atoms with Crippen LogP contribution < -0.4 is 0 Å². The Hall–Kier alpha value is -1.43. The Labute approximate surface area is 137 Å². The van der Waals surface area contributed by atoms with Gasteiger partial charge in [-0.3, -0.25) is 4.79 Å². The SMILES string of the molecule is COCCC1(CO)CCCN(C(=O)Cc2ccc(CO)cc2)C1. The van der Waals surface area contributed by atoms with Crippen LogP contribution >= 0.6 is 0 Å². The van der Waals surface area contributed by atoms with Crippen molar-refractivity contribution < 1.29 is 19.7 Å². The number of nitrogens with zero attached hydrogens (tertiary/aromatic N) is 1. The highest BCUT2D eigenvalue weighted by atomic mass is 16.5. The number of carbonyl (C=O) groups is 1. The van der Waals surface area contributed by atoms with E-state index in [9.17, 15) is 9.90 Å². The van der Waals surface area contributed by atoms with Crippen molar-refractivity contribution >= 4 is 5.91 Å². The van der Waals surface area contributed by atoms with E-state index in [4.69, 9.17) is 9.84 Å². The first-order chi connectivity index (χ1) is 11.1. The smallest absolute Gasteiger partial charge is 0.227 e. The molecular formula is C18H27NO4. The molecule has 23 heavy (non-hydrogen) atoms. The van der Waals surface area contributed by atoms with Crippen LogP contribution in [0.1, 0.15) is 30.4 Å². The fourth-order valence-electron chi connectivity index (χ4n) is 3.20. The number of aliphatic hydroxyl groups is 2. The Morgan fingerprint density at radius 1 is 1.26 bits per heavy atom. The first kappa shape index (κ1) is 17.9. The van der Waals surface area contributed by atoms with E-state index in [1.165, 1.54) is 0 Å². The molecule has 2 rings (SSSR count). The van der Waals surface area contributed by atoms with Gasteiger partial charge >= 0.3 is 0 Å². The number of hydrogen-bond donors (Lipinski definition) is 2. The largest absolute Gasteiger partial charge is 0.396 e. The standard InChI is InChI=1S/C18H27NO4/c1-23-10-8-18(14-21)7-2-9-19(13-18)17(22)11-15-3-5-16(12-20)6-4-15/h3-6,20-21H,2,7-14H2,1H3. The number of hydrogen-bond acceptors (Lipinski definition) is 4. The highest BCUT2D eigenvalue weighted by Gasteiger charge is 2.36. The van der Waals surface area contributed by atoms with Gasteiger partial charge in [0, 0.05) is 32.2 Å². The van der Waals surface area contributed by atoms with E-state index < -0.39 is 0 Å². The zero-order valence-corrected chi connectivity index (χ0v) is 13.8. The number of amides is 1. The summed E-state index contributed by atoms with van der Waals surface area (Å²) in [7, 11) is 1.66. The number of carbonyl (C=O) groups excluding carboxylic acids is 1. The van der Waals surface area contributed by atoms with Crippen LogP contribution in [-0.4, -0.2) is 54.4 Å². The fourth-order valence-corrected chi connectivity index (χ4v) is 3.20. The van der Waals surface area contributed by atoms with E-state index in [-0.39, 0.29) is 24.5 Å². The van der Waals surface area contributed by atoms with Gasteiger partial charge in [0.2, 0.25) is 5.91 Å². The highest BCUT2D eigenvalue weighted by Crippen LogP contribution is 2.33. The van der Waals surface area contributed by atoms with Crippen LogP contribution in [0, 0.1) is 5.41 Å². The molecule has 0 aromatic heterocycles. The maximum Gasteiger partial charge on any atom is 0.227 e. The number of methoxy groups -OCH3 is 1. The summed E-state index contributed by atoms with van der Waals surface area (Å²) in [4.78, 5) is 14.4. The maximum absolute atomic E-state index is 12.6. The van der Waals surface area contributed by atoms with Crippen molar-refractivity contribution in [1.29, 1.82) is 0 Å². The lowest BCUT2D eigenvalue weighted by Crippen LogP contribution is -2.48. The molecule has 0 bridgehead atoms. The molecule has 1 fully saturated rings. The molecule has 0 aliphatic carbocycles. The minimum absolute atomic E-state index is 0.0128. The average molecular weight is 321 g/mol. The van der Waals surface area contributed by atoms with E-state index in [2.05, 4.69) is 0 Å². The third kappa shape index (κ3) is 4.77. The fraction of sp³-hybridized carbons (Fsp3) is 0.611. The van der Waals surface area contributed by atoms with Crippen LogP contribution in [0.3, 0.4) is 0 Å². The normalized spacial score (nSPS) is 21.4. The van der Waals surface area contributed by atoms with E-state index in [0.717, 1.165) is 36.9 Å². The third-order valence-corrected chi connectivity index (χ3v) is 4.75. The molecule has 5 heteroatoms. The average Bonchev–Trinajstić information content (AvgIpc) is 2.61. The molecule has 0 saturated carbocycles. The Morgan fingerprint density at radius 3 is 2.57 bits per heavy atom. The van der Waals surface area contributed by atoms with Gasteiger partial charge in [-0.25, -0.2) is 0 Å². The molecular weight excluding hydrogens is 294 g/mol. The summed E-state index contributed by atoms with van der Waals surface area (Å²) < 4.78 is 5.15. The van der Waals surface area contributed by atoms with Crippen LogP contribution in [0.5, 0.6) is 0 Å². The molecule has 1 heterocycles. The van der Waals surface area contributed by atoms with Crippen molar-refractivity contribution in [2.75, 3.05) is 33.4 Å². The second kappa shape index (κ2) is 8.43. The zero-order valence-electron chi connectivity index (χ0n) is 13.8. The van der Waals surface area contributed by atoms with Gasteiger partial charge in [-0.15, -0.1) is 0 Å². The van der Waals surface area contributed by atoms with Gasteiger partial charge in [-0.1, -0.05) is 24.3 Å². The summed E-state index contributed by atoms with van der Waals surface area (Å²) in [5, 5.41) is 18.9. The van der Waals surface area contributed by atoms with Crippen molar-refractivity contribution in [3.05, 3.63) is 35.4 Å². The second-order valence-electron chi connectivity index (χ2n) is 6.47. The Morgan fingerprint density at radius 2 is 1.96 bits per heavy atom. The summed E-state index contributed by atoms with van der Waals surface area (Å²) in [6, 6.07) is 7.46. The Kier molecular flexibility index (Phi) is 6.57. The quantitative estimate of drug-likeness (QED) is 0.795. The molecule has 1 aliphatic rings. The number of piperidine rings is 1. The van der Waals surface area contributed by atoms with Crippen LogP contribution in [0.15, 0.2) is 24.3 Å². The van der Waals surface area contributed by atoms with Crippen LogP contribution in [0.25, 0.3) is 0 Å². The van der Waals surface area contributed by atoms with Crippen molar-refractivity contribution in [2.45, 2.75) is 32.3 Å². The van der Waals surface area contributed by atoms with E-state index >= 15 is 0 Å². The lowest BCUT2D eigenvalue weighted by molar-refractivity contribution is -0.135. The number of benzene rings is 1. The van der Waals surface area contributed by atoms with Gasteiger partial charge in [0.05, 0.1) is 19.6 Å². The van der Waals surface area contributed by atoms with Gasteiger partial charge in [0.25, 0.3) is 0 Å². The molecule has 0 spiro atoms. The minimum Gasteiger partial charge on any atom is -0.396 e. The molecule has 1 aromatic rings. The first-order valence-corrected chi connectivity index (χ1v) is 8.19. The van der Waals surface area contributed by atoms with E-state index in [1.54, 1.807) is 7.11 Å². The lowest BCUT2D eigenvalue weighted by Gasteiger charge is -2.42. The van der Waals surface area contributed by atoms with Crippen molar-refractivity contribution in [2.24, 2.45) is 5.41 Å².